The van der Waals surface area contributed by atoms with Crippen LogP contribution in [0.25, 0.3) is 20.7 Å². The van der Waals surface area contributed by atoms with Gasteiger partial charge in [-0.05, 0) is 35.6 Å². The van der Waals surface area contributed by atoms with Crippen molar-refractivity contribution in [3.8, 4) is 10.4 Å². The van der Waals surface area contributed by atoms with E-state index in [0.717, 1.165) is 26.7 Å². The number of aromatic nitrogens is 2. The fourth-order valence-electron chi connectivity index (χ4n) is 3.24. The summed E-state index contributed by atoms with van der Waals surface area (Å²) in [7, 11) is 0. The SMILES string of the molecule is Cc1nc2sc(-c3ccccc3)cc2c(=O)n1Cc1ccc(C(C)C)cc1. The minimum atomic E-state index is 0.0314. The summed E-state index contributed by atoms with van der Waals surface area (Å²) < 4.78 is 1.77. The van der Waals surface area contributed by atoms with E-state index in [2.05, 4.69) is 50.2 Å². The number of rotatable bonds is 4. The number of hydrogen-bond donors (Lipinski definition) is 0. The average Bonchev–Trinajstić information content (AvgIpc) is 3.10. The molecule has 0 amide bonds. The highest BCUT2D eigenvalue weighted by Crippen LogP contribution is 2.31. The van der Waals surface area contributed by atoms with Crippen LogP contribution in [0, 0.1) is 6.92 Å². The fraction of sp³-hybridized carbons (Fsp3) is 0.217. The molecule has 0 aliphatic carbocycles. The minimum Gasteiger partial charge on any atom is -0.292 e. The van der Waals surface area contributed by atoms with Crippen molar-refractivity contribution in [3.05, 3.63) is 88.0 Å². The summed E-state index contributed by atoms with van der Waals surface area (Å²) in [5, 5.41) is 0.697. The summed E-state index contributed by atoms with van der Waals surface area (Å²) in [6, 6.07) is 20.6. The van der Waals surface area contributed by atoms with Crippen molar-refractivity contribution in [2.75, 3.05) is 0 Å². The van der Waals surface area contributed by atoms with Gasteiger partial charge >= 0.3 is 0 Å². The second-order valence-corrected chi connectivity index (χ2v) is 8.17. The maximum atomic E-state index is 13.1. The Morgan fingerprint density at radius 1 is 1.04 bits per heavy atom. The van der Waals surface area contributed by atoms with Gasteiger partial charge in [-0.25, -0.2) is 4.98 Å². The van der Waals surface area contributed by atoms with Crippen LogP contribution in [-0.4, -0.2) is 9.55 Å². The molecule has 0 unspecified atom stereocenters. The van der Waals surface area contributed by atoms with Gasteiger partial charge in [0.1, 0.15) is 10.7 Å². The molecule has 0 atom stereocenters. The maximum Gasteiger partial charge on any atom is 0.262 e. The standard InChI is InChI=1S/C23H22N2OS/c1-15(2)18-11-9-17(10-12-18)14-25-16(3)24-22-20(23(25)26)13-21(27-22)19-7-5-4-6-8-19/h4-13,15H,14H2,1-3H3. The van der Waals surface area contributed by atoms with Crippen molar-refractivity contribution in [3.63, 3.8) is 0 Å². The Balaban J connectivity index is 1.74. The molecule has 136 valence electrons. The first-order valence-corrected chi connectivity index (χ1v) is 10.00. The van der Waals surface area contributed by atoms with E-state index >= 15 is 0 Å². The van der Waals surface area contributed by atoms with Gasteiger partial charge in [0, 0.05) is 4.88 Å². The van der Waals surface area contributed by atoms with Gasteiger partial charge in [0.15, 0.2) is 0 Å². The van der Waals surface area contributed by atoms with Crippen LogP contribution in [0.15, 0.2) is 65.5 Å². The van der Waals surface area contributed by atoms with Gasteiger partial charge in [0.2, 0.25) is 0 Å². The Morgan fingerprint density at radius 2 is 1.74 bits per heavy atom. The molecule has 2 heterocycles. The molecule has 0 saturated heterocycles. The summed E-state index contributed by atoms with van der Waals surface area (Å²) in [5.41, 5.74) is 3.57. The lowest BCUT2D eigenvalue weighted by Crippen LogP contribution is -2.23. The first kappa shape index (κ1) is 17.7. The number of aryl methyl sites for hydroxylation is 1. The van der Waals surface area contributed by atoms with Crippen LogP contribution in [0.5, 0.6) is 0 Å². The molecule has 0 radical (unpaired) electrons. The molecule has 0 aliphatic rings. The summed E-state index contributed by atoms with van der Waals surface area (Å²) in [4.78, 5) is 19.7. The zero-order chi connectivity index (χ0) is 19.0. The van der Waals surface area contributed by atoms with Crippen LogP contribution >= 0.6 is 11.3 Å². The lowest BCUT2D eigenvalue weighted by atomic mass is 10.0. The third-order valence-electron chi connectivity index (χ3n) is 4.89. The molecular weight excluding hydrogens is 352 g/mol. The highest BCUT2D eigenvalue weighted by atomic mass is 32.1. The molecule has 0 saturated carbocycles. The normalized spacial score (nSPS) is 11.4. The van der Waals surface area contributed by atoms with E-state index in [0.29, 0.717) is 17.8 Å². The van der Waals surface area contributed by atoms with Crippen LogP contribution in [-0.2, 0) is 6.54 Å². The van der Waals surface area contributed by atoms with Crippen molar-refractivity contribution in [1.82, 2.24) is 9.55 Å². The zero-order valence-electron chi connectivity index (χ0n) is 15.8. The molecule has 2 aromatic heterocycles. The van der Waals surface area contributed by atoms with Gasteiger partial charge in [0.05, 0.1) is 11.9 Å². The van der Waals surface area contributed by atoms with Gasteiger partial charge in [-0.2, -0.15) is 0 Å². The lowest BCUT2D eigenvalue weighted by Gasteiger charge is -2.11. The molecule has 0 fully saturated rings. The summed E-state index contributed by atoms with van der Waals surface area (Å²) >= 11 is 1.57. The zero-order valence-corrected chi connectivity index (χ0v) is 16.6. The Morgan fingerprint density at radius 3 is 2.41 bits per heavy atom. The van der Waals surface area contributed by atoms with Gasteiger partial charge in [-0.15, -0.1) is 11.3 Å². The van der Waals surface area contributed by atoms with Gasteiger partial charge in [0.25, 0.3) is 5.56 Å². The van der Waals surface area contributed by atoms with E-state index in [9.17, 15) is 4.79 Å². The third kappa shape index (κ3) is 3.45. The van der Waals surface area contributed by atoms with E-state index in [1.165, 1.54) is 5.56 Å². The summed E-state index contributed by atoms with van der Waals surface area (Å²) in [6.07, 6.45) is 0. The number of hydrogen-bond acceptors (Lipinski definition) is 3. The quantitative estimate of drug-likeness (QED) is 0.466. The second kappa shape index (κ2) is 7.12. The lowest BCUT2D eigenvalue weighted by molar-refractivity contribution is 0.713. The number of thiophene rings is 1. The Kier molecular flexibility index (Phi) is 4.66. The average molecular weight is 375 g/mol. The third-order valence-corrected chi connectivity index (χ3v) is 5.97. The Hall–Kier alpha value is -2.72. The fourth-order valence-corrected chi connectivity index (χ4v) is 4.31. The van der Waals surface area contributed by atoms with Crippen molar-refractivity contribution >= 4 is 21.6 Å². The molecule has 0 bridgehead atoms. The van der Waals surface area contributed by atoms with Gasteiger partial charge in [-0.3, -0.25) is 9.36 Å². The molecule has 0 spiro atoms. The molecule has 0 aliphatic heterocycles. The van der Waals surface area contributed by atoms with Crippen molar-refractivity contribution in [2.24, 2.45) is 0 Å². The topological polar surface area (TPSA) is 34.9 Å². The molecule has 3 nitrogen and oxygen atoms in total. The highest BCUT2D eigenvalue weighted by Gasteiger charge is 2.13. The Labute approximate surface area is 163 Å². The predicted molar refractivity (Wildman–Crippen MR) is 114 cm³/mol. The molecule has 0 N–H and O–H groups in total. The Bertz CT molecular complexity index is 1140. The molecule has 4 rings (SSSR count). The van der Waals surface area contributed by atoms with E-state index in [-0.39, 0.29) is 5.56 Å². The number of nitrogens with zero attached hydrogens (tertiary/aromatic N) is 2. The number of benzene rings is 2. The van der Waals surface area contributed by atoms with Crippen molar-refractivity contribution in [1.29, 1.82) is 0 Å². The van der Waals surface area contributed by atoms with E-state index < -0.39 is 0 Å². The van der Waals surface area contributed by atoms with Crippen molar-refractivity contribution in [2.45, 2.75) is 33.2 Å². The first-order valence-electron chi connectivity index (χ1n) is 9.18. The predicted octanol–water partition coefficient (Wildman–Crippen LogP) is 5.61. The molecular formula is C23H22N2OS. The summed E-state index contributed by atoms with van der Waals surface area (Å²) in [6.45, 7) is 6.82. The largest absolute Gasteiger partial charge is 0.292 e. The van der Waals surface area contributed by atoms with Crippen LogP contribution in [0.4, 0.5) is 0 Å². The van der Waals surface area contributed by atoms with Crippen molar-refractivity contribution < 1.29 is 0 Å². The molecule has 4 heteroatoms. The first-order chi connectivity index (χ1) is 13.0. The second-order valence-electron chi connectivity index (χ2n) is 7.14. The highest BCUT2D eigenvalue weighted by molar-refractivity contribution is 7.21. The van der Waals surface area contributed by atoms with E-state index in [4.69, 9.17) is 4.98 Å². The van der Waals surface area contributed by atoms with E-state index in [1.54, 1.807) is 15.9 Å². The van der Waals surface area contributed by atoms with Gasteiger partial charge in [-0.1, -0.05) is 68.4 Å². The minimum absolute atomic E-state index is 0.0314. The van der Waals surface area contributed by atoms with Gasteiger partial charge < -0.3 is 0 Å². The maximum absolute atomic E-state index is 13.1. The summed E-state index contributed by atoms with van der Waals surface area (Å²) in [5.74, 6) is 1.26. The molecule has 27 heavy (non-hydrogen) atoms. The van der Waals surface area contributed by atoms with Crippen LogP contribution in [0.2, 0.25) is 0 Å². The number of fused-ring (bicyclic) bond motifs is 1. The van der Waals surface area contributed by atoms with Crippen LogP contribution in [0.1, 0.15) is 36.7 Å². The van der Waals surface area contributed by atoms with Crippen LogP contribution in [0.3, 0.4) is 0 Å². The molecule has 2 aromatic carbocycles. The van der Waals surface area contributed by atoms with Crippen LogP contribution < -0.4 is 5.56 Å². The van der Waals surface area contributed by atoms with E-state index in [1.807, 2.05) is 31.2 Å². The monoisotopic (exact) mass is 374 g/mol. The smallest absolute Gasteiger partial charge is 0.262 e. The molecule has 4 aromatic rings.